The second kappa shape index (κ2) is 6.04. The van der Waals surface area contributed by atoms with Gasteiger partial charge < -0.3 is 9.55 Å². The summed E-state index contributed by atoms with van der Waals surface area (Å²) >= 11 is 1.24. The van der Waals surface area contributed by atoms with Gasteiger partial charge in [-0.05, 0) is 18.2 Å². The van der Waals surface area contributed by atoms with Crippen molar-refractivity contribution < 1.29 is 9.18 Å². The number of nitrogens with one attached hydrogen (secondary N) is 1. The van der Waals surface area contributed by atoms with Gasteiger partial charge in [-0.1, -0.05) is 41.5 Å². The van der Waals surface area contributed by atoms with Crippen molar-refractivity contribution >= 4 is 38.4 Å². The summed E-state index contributed by atoms with van der Waals surface area (Å²) in [5.74, 6) is 1.72. The van der Waals surface area contributed by atoms with Gasteiger partial charge in [-0.15, -0.1) is 6.42 Å². The first kappa shape index (κ1) is 15.4. The summed E-state index contributed by atoms with van der Waals surface area (Å²) in [5.41, 5.74) is 1.71. The normalized spacial score (nSPS) is 11.9. The number of carbonyl (C=O) groups excluding carboxylic acids is 1. The molecule has 0 aliphatic heterocycles. The molecule has 0 spiro atoms. The number of benzene rings is 2. The summed E-state index contributed by atoms with van der Waals surface area (Å²) < 4.78 is 16.4. The van der Waals surface area contributed by atoms with Crippen LogP contribution in [0.5, 0.6) is 0 Å². The predicted octanol–water partition coefficient (Wildman–Crippen LogP) is 3.70. The monoisotopic (exact) mass is 349 g/mol. The Kier molecular flexibility index (Phi) is 3.71. The lowest BCUT2D eigenvalue weighted by Gasteiger charge is -2.00. The Balaban J connectivity index is 1.92. The molecule has 0 unspecified atom stereocenters. The van der Waals surface area contributed by atoms with Crippen molar-refractivity contribution in [2.45, 2.75) is 6.54 Å². The quantitative estimate of drug-likeness (QED) is 0.551. The number of aromatic amines is 1. The first-order chi connectivity index (χ1) is 12.2. The molecule has 1 amide bonds. The van der Waals surface area contributed by atoms with Crippen LogP contribution in [0, 0.1) is 18.2 Å². The molecule has 25 heavy (non-hydrogen) atoms. The third-order valence-electron chi connectivity index (χ3n) is 3.92. The molecule has 0 aliphatic carbocycles. The molecule has 0 saturated carbocycles. The van der Waals surface area contributed by atoms with Crippen LogP contribution in [0.15, 0.2) is 53.7 Å². The number of carbonyl (C=O) groups is 1. The average molecular weight is 349 g/mol. The lowest BCUT2D eigenvalue weighted by molar-refractivity contribution is 0.0999. The van der Waals surface area contributed by atoms with Crippen LogP contribution in [-0.4, -0.2) is 15.5 Å². The topological polar surface area (TPSA) is 50.1 Å². The zero-order valence-corrected chi connectivity index (χ0v) is 13.8. The van der Waals surface area contributed by atoms with E-state index in [1.807, 2.05) is 24.3 Å². The molecule has 0 bridgehead atoms. The van der Waals surface area contributed by atoms with Gasteiger partial charge in [0.25, 0.3) is 5.91 Å². The smallest absolute Gasteiger partial charge is 0.281 e. The van der Waals surface area contributed by atoms with Crippen LogP contribution >= 0.6 is 11.3 Å². The minimum absolute atomic E-state index is 0.140. The zero-order chi connectivity index (χ0) is 17.4. The van der Waals surface area contributed by atoms with Crippen molar-refractivity contribution in [3.8, 4) is 12.3 Å². The Morgan fingerprint density at radius 2 is 2.12 bits per heavy atom. The van der Waals surface area contributed by atoms with Gasteiger partial charge in [-0.3, -0.25) is 4.79 Å². The highest BCUT2D eigenvalue weighted by atomic mass is 32.1. The Labute approximate surface area is 146 Å². The molecule has 2 aromatic carbocycles. The summed E-state index contributed by atoms with van der Waals surface area (Å²) in [6.07, 6.45) is 7.04. The minimum atomic E-state index is -0.393. The van der Waals surface area contributed by atoms with Crippen molar-refractivity contribution in [3.63, 3.8) is 0 Å². The fraction of sp³-hybridized carbons (Fsp3) is 0.0526. The number of H-pyrrole nitrogens is 1. The van der Waals surface area contributed by atoms with Gasteiger partial charge in [0.15, 0.2) is 4.80 Å². The zero-order valence-electron chi connectivity index (χ0n) is 13.0. The fourth-order valence-corrected chi connectivity index (χ4v) is 3.85. The molecule has 4 aromatic rings. The number of aromatic nitrogens is 2. The van der Waals surface area contributed by atoms with Crippen LogP contribution in [0.3, 0.4) is 0 Å². The van der Waals surface area contributed by atoms with Gasteiger partial charge in [0.05, 0.1) is 22.3 Å². The van der Waals surface area contributed by atoms with Crippen LogP contribution in [0.2, 0.25) is 0 Å². The third kappa shape index (κ3) is 2.55. The molecule has 2 aromatic heterocycles. The number of rotatable bonds is 2. The Bertz CT molecular complexity index is 1220. The highest BCUT2D eigenvalue weighted by Crippen LogP contribution is 2.21. The number of hydrogen-bond acceptors (Lipinski definition) is 2. The van der Waals surface area contributed by atoms with Gasteiger partial charge in [0.1, 0.15) is 5.82 Å². The van der Waals surface area contributed by atoms with Gasteiger partial charge in [0, 0.05) is 17.1 Å². The predicted molar refractivity (Wildman–Crippen MR) is 96.8 cm³/mol. The van der Waals surface area contributed by atoms with Crippen LogP contribution in [0.4, 0.5) is 4.39 Å². The summed E-state index contributed by atoms with van der Waals surface area (Å²) in [7, 11) is 0. The van der Waals surface area contributed by atoms with Crippen molar-refractivity contribution in [1.82, 2.24) is 9.55 Å². The molecule has 1 N–H and O–H groups in total. The van der Waals surface area contributed by atoms with Gasteiger partial charge in [-0.2, -0.15) is 4.99 Å². The molecule has 2 heterocycles. The van der Waals surface area contributed by atoms with E-state index in [2.05, 4.69) is 15.9 Å². The molecule has 0 fully saturated rings. The van der Waals surface area contributed by atoms with Crippen molar-refractivity contribution in [3.05, 3.63) is 64.8 Å². The first-order valence-electron chi connectivity index (χ1n) is 7.55. The van der Waals surface area contributed by atoms with E-state index in [9.17, 15) is 9.18 Å². The number of terminal acetylenes is 1. The second-order valence-electron chi connectivity index (χ2n) is 5.43. The van der Waals surface area contributed by atoms with Crippen molar-refractivity contribution in [2.24, 2.45) is 4.99 Å². The highest BCUT2D eigenvalue weighted by molar-refractivity contribution is 7.16. The van der Waals surface area contributed by atoms with E-state index in [-0.39, 0.29) is 12.4 Å². The van der Waals surface area contributed by atoms with Gasteiger partial charge >= 0.3 is 0 Å². The Morgan fingerprint density at radius 1 is 1.28 bits per heavy atom. The molecule has 4 rings (SSSR count). The maximum atomic E-state index is 14.2. The molecule has 6 heteroatoms. The van der Waals surface area contributed by atoms with E-state index < -0.39 is 5.91 Å². The van der Waals surface area contributed by atoms with E-state index in [1.54, 1.807) is 22.9 Å². The highest BCUT2D eigenvalue weighted by Gasteiger charge is 2.14. The van der Waals surface area contributed by atoms with Gasteiger partial charge in [0.2, 0.25) is 0 Å². The Morgan fingerprint density at radius 3 is 2.96 bits per heavy atom. The summed E-state index contributed by atoms with van der Waals surface area (Å²) in [4.78, 5) is 20.3. The first-order valence-corrected chi connectivity index (χ1v) is 8.37. The van der Waals surface area contributed by atoms with E-state index in [4.69, 9.17) is 6.42 Å². The van der Waals surface area contributed by atoms with E-state index in [1.165, 1.54) is 17.4 Å². The summed E-state index contributed by atoms with van der Waals surface area (Å²) in [5, 5.41) is 0.798. The second-order valence-corrected chi connectivity index (χ2v) is 6.44. The largest absolute Gasteiger partial charge is 0.360 e. The SMILES string of the molecule is C#CCn1c(=NC(=O)c2c[nH]c3ccccc23)sc2cccc(F)c21. The molecular formula is C19H12FN3OS. The number of thiazole rings is 1. The number of nitrogens with zero attached hydrogens (tertiary/aromatic N) is 2. The number of fused-ring (bicyclic) bond motifs is 2. The molecule has 0 saturated heterocycles. The Hall–Kier alpha value is -3.17. The van der Waals surface area contributed by atoms with E-state index >= 15 is 0 Å². The lowest BCUT2D eigenvalue weighted by atomic mass is 10.2. The maximum Gasteiger partial charge on any atom is 0.281 e. The lowest BCUT2D eigenvalue weighted by Crippen LogP contribution is -2.17. The average Bonchev–Trinajstić information content (AvgIpc) is 3.18. The minimum Gasteiger partial charge on any atom is -0.360 e. The van der Waals surface area contributed by atoms with Gasteiger partial charge in [-0.25, -0.2) is 4.39 Å². The third-order valence-corrected chi connectivity index (χ3v) is 4.96. The number of halogens is 1. The molecule has 4 nitrogen and oxygen atoms in total. The molecule has 0 aliphatic rings. The number of para-hydroxylation sites is 2. The van der Waals surface area contributed by atoms with Crippen LogP contribution < -0.4 is 4.80 Å². The molecule has 122 valence electrons. The van der Waals surface area contributed by atoms with E-state index in [0.29, 0.717) is 20.6 Å². The van der Waals surface area contributed by atoms with Crippen LogP contribution in [0.25, 0.3) is 21.1 Å². The summed E-state index contributed by atoms with van der Waals surface area (Å²) in [6.45, 7) is 0.140. The van der Waals surface area contributed by atoms with Crippen molar-refractivity contribution in [2.75, 3.05) is 0 Å². The van der Waals surface area contributed by atoms with Crippen LogP contribution in [-0.2, 0) is 6.54 Å². The number of amides is 1. The molecule has 0 atom stereocenters. The fourth-order valence-electron chi connectivity index (χ4n) is 2.81. The van der Waals surface area contributed by atoms with Crippen LogP contribution in [0.1, 0.15) is 10.4 Å². The maximum absolute atomic E-state index is 14.2. The standard InChI is InChI=1S/C19H12FN3OS/c1-2-10-23-17-14(20)7-5-9-16(17)25-19(23)22-18(24)13-11-21-15-8-4-3-6-12(13)15/h1,3-9,11,21H,10H2. The van der Waals surface area contributed by atoms with Crippen molar-refractivity contribution in [1.29, 1.82) is 0 Å². The summed E-state index contributed by atoms with van der Waals surface area (Å²) in [6, 6.07) is 12.3. The molecule has 0 radical (unpaired) electrons. The van der Waals surface area contributed by atoms with E-state index in [0.717, 1.165) is 10.9 Å². The number of hydrogen-bond donors (Lipinski definition) is 1. The molecular weight excluding hydrogens is 337 g/mol.